The van der Waals surface area contributed by atoms with Crippen LogP contribution in [-0.2, 0) is 4.74 Å². The first-order valence-electron chi connectivity index (χ1n) is 10.7. The summed E-state index contributed by atoms with van der Waals surface area (Å²) in [4.78, 5) is 34.5. The molecule has 33 heavy (non-hydrogen) atoms. The van der Waals surface area contributed by atoms with Gasteiger partial charge in [-0.3, -0.25) is 14.2 Å². The highest BCUT2D eigenvalue weighted by Gasteiger charge is 2.30. The van der Waals surface area contributed by atoms with E-state index in [4.69, 9.17) is 9.72 Å². The molecule has 1 amide bonds. The number of thiophene rings is 1. The fourth-order valence-electron chi connectivity index (χ4n) is 3.89. The van der Waals surface area contributed by atoms with Crippen molar-refractivity contribution in [2.75, 3.05) is 20.3 Å². The fraction of sp³-hybridized carbons (Fsp3) is 0.240. The molecule has 0 aliphatic heterocycles. The van der Waals surface area contributed by atoms with E-state index in [0.717, 1.165) is 4.47 Å². The Kier molecular flexibility index (Phi) is 7.37. The Morgan fingerprint density at radius 2 is 1.91 bits per heavy atom. The van der Waals surface area contributed by atoms with Gasteiger partial charge in [0.05, 0.1) is 34.1 Å². The minimum atomic E-state index is -0.421. The maximum atomic E-state index is 13.7. The molecule has 0 saturated heterocycles. The Bertz CT molecular complexity index is 1300. The average molecular weight is 526 g/mol. The van der Waals surface area contributed by atoms with E-state index in [1.807, 2.05) is 66.9 Å². The second-order valence-corrected chi connectivity index (χ2v) is 9.36. The van der Waals surface area contributed by atoms with E-state index in [1.165, 1.54) is 11.3 Å². The Morgan fingerprint density at radius 3 is 2.58 bits per heavy atom. The van der Waals surface area contributed by atoms with Crippen LogP contribution in [0.1, 0.15) is 34.9 Å². The van der Waals surface area contributed by atoms with E-state index in [1.54, 1.807) is 22.6 Å². The molecule has 6 nitrogen and oxygen atoms in total. The highest BCUT2D eigenvalue weighted by atomic mass is 79.9. The average Bonchev–Trinajstić information content (AvgIpc) is 3.37. The number of nitrogens with zero attached hydrogens (tertiary/aromatic N) is 3. The highest BCUT2D eigenvalue weighted by molar-refractivity contribution is 9.10. The van der Waals surface area contributed by atoms with E-state index in [-0.39, 0.29) is 11.5 Å². The molecule has 2 aromatic carbocycles. The van der Waals surface area contributed by atoms with Crippen molar-refractivity contribution in [2.24, 2.45) is 0 Å². The molecule has 0 bridgehead atoms. The number of para-hydroxylation sites is 1. The van der Waals surface area contributed by atoms with Gasteiger partial charge in [0.15, 0.2) is 0 Å². The van der Waals surface area contributed by atoms with Crippen LogP contribution >= 0.6 is 27.3 Å². The number of methoxy groups -OCH3 is 1. The van der Waals surface area contributed by atoms with E-state index in [9.17, 15) is 9.59 Å². The topological polar surface area (TPSA) is 64.4 Å². The lowest BCUT2D eigenvalue weighted by Crippen LogP contribution is -2.40. The van der Waals surface area contributed by atoms with Gasteiger partial charge in [-0.2, -0.15) is 0 Å². The van der Waals surface area contributed by atoms with Crippen LogP contribution in [0, 0.1) is 0 Å². The summed E-state index contributed by atoms with van der Waals surface area (Å²) in [6.07, 6.45) is 0.585. The summed E-state index contributed by atoms with van der Waals surface area (Å²) in [5.74, 6) is 0.434. The van der Waals surface area contributed by atoms with E-state index < -0.39 is 6.04 Å². The van der Waals surface area contributed by atoms with Crippen molar-refractivity contribution < 1.29 is 9.53 Å². The molecule has 0 radical (unpaired) electrons. The number of hydrogen-bond donors (Lipinski definition) is 0. The van der Waals surface area contributed by atoms with Gasteiger partial charge in [-0.1, -0.05) is 41.1 Å². The van der Waals surface area contributed by atoms with Crippen molar-refractivity contribution in [3.05, 3.63) is 91.6 Å². The SMILES string of the molecule is CCC(c1nc2ccccc2c(=O)n1-c1ccc(Br)cc1)N(CCOC)C(=O)c1cccs1. The Morgan fingerprint density at radius 1 is 1.15 bits per heavy atom. The summed E-state index contributed by atoms with van der Waals surface area (Å²) < 4.78 is 7.85. The molecule has 1 atom stereocenters. The van der Waals surface area contributed by atoms with Gasteiger partial charge in [0.25, 0.3) is 11.5 Å². The van der Waals surface area contributed by atoms with Crippen LogP contribution in [0.3, 0.4) is 0 Å². The Labute approximate surface area is 204 Å². The van der Waals surface area contributed by atoms with Crippen LogP contribution in [0.4, 0.5) is 0 Å². The van der Waals surface area contributed by atoms with Crippen molar-refractivity contribution >= 4 is 44.1 Å². The first-order chi connectivity index (χ1) is 16.0. The van der Waals surface area contributed by atoms with Crippen LogP contribution in [0.25, 0.3) is 16.6 Å². The number of hydrogen-bond acceptors (Lipinski definition) is 5. The third-order valence-electron chi connectivity index (χ3n) is 5.48. The van der Waals surface area contributed by atoms with Gasteiger partial charge in [0, 0.05) is 18.1 Å². The van der Waals surface area contributed by atoms with E-state index in [2.05, 4.69) is 15.9 Å². The van der Waals surface area contributed by atoms with Crippen molar-refractivity contribution in [3.8, 4) is 5.69 Å². The highest BCUT2D eigenvalue weighted by Crippen LogP contribution is 2.28. The van der Waals surface area contributed by atoms with Gasteiger partial charge in [0.1, 0.15) is 5.82 Å². The molecule has 8 heteroatoms. The molecule has 0 aliphatic rings. The third kappa shape index (κ3) is 4.78. The molecule has 0 aliphatic carbocycles. The van der Waals surface area contributed by atoms with E-state index in [0.29, 0.717) is 46.9 Å². The van der Waals surface area contributed by atoms with Crippen molar-refractivity contribution in [3.63, 3.8) is 0 Å². The zero-order valence-corrected chi connectivity index (χ0v) is 20.8. The summed E-state index contributed by atoms with van der Waals surface area (Å²) in [6.45, 7) is 2.76. The van der Waals surface area contributed by atoms with Gasteiger partial charge in [-0.25, -0.2) is 4.98 Å². The summed E-state index contributed by atoms with van der Waals surface area (Å²) in [5.41, 5.74) is 1.15. The summed E-state index contributed by atoms with van der Waals surface area (Å²) in [5, 5.41) is 2.42. The molecule has 4 aromatic rings. The van der Waals surface area contributed by atoms with Gasteiger partial charge in [-0.05, 0) is 54.3 Å². The maximum Gasteiger partial charge on any atom is 0.266 e. The molecule has 170 valence electrons. The number of fused-ring (bicyclic) bond motifs is 1. The van der Waals surface area contributed by atoms with Crippen LogP contribution in [-0.4, -0.2) is 40.6 Å². The zero-order valence-electron chi connectivity index (χ0n) is 18.4. The number of carbonyl (C=O) groups is 1. The number of amides is 1. The molecule has 0 saturated carbocycles. The van der Waals surface area contributed by atoms with Crippen LogP contribution in [0.15, 0.2) is 75.3 Å². The van der Waals surface area contributed by atoms with Gasteiger partial charge < -0.3 is 9.64 Å². The second-order valence-electron chi connectivity index (χ2n) is 7.50. The van der Waals surface area contributed by atoms with Crippen molar-refractivity contribution in [2.45, 2.75) is 19.4 Å². The van der Waals surface area contributed by atoms with Crippen LogP contribution in [0.2, 0.25) is 0 Å². The minimum absolute atomic E-state index is 0.0985. The van der Waals surface area contributed by atoms with Gasteiger partial charge >= 0.3 is 0 Å². The molecule has 1 unspecified atom stereocenters. The molecule has 2 heterocycles. The normalized spacial score (nSPS) is 12.1. The number of carbonyl (C=O) groups excluding carboxylic acids is 1. The number of rotatable bonds is 8. The number of benzene rings is 2. The van der Waals surface area contributed by atoms with Crippen molar-refractivity contribution in [1.29, 1.82) is 0 Å². The quantitative estimate of drug-likeness (QED) is 0.306. The Balaban J connectivity index is 1.94. The number of halogens is 1. The molecule has 0 N–H and O–H groups in total. The lowest BCUT2D eigenvalue weighted by molar-refractivity contribution is 0.0584. The standard InChI is InChI=1S/C25H24BrN3O3S/c1-3-21(28(14-15-32-2)25(31)22-9-6-16-33-22)23-27-20-8-5-4-7-19(20)24(30)29(23)18-12-10-17(26)11-13-18/h4-13,16,21H,3,14-15H2,1-2H3. The smallest absolute Gasteiger partial charge is 0.266 e. The van der Waals surface area contributed by atoms with Gasteiger partial charge in [0.2, 0.25) is 0 Å². The molecular weight excluding hydrogens is 502 g/mol. The monoisotopic (exact) mass is 525 g/mol. The van der Waals surface area contributed by atoms with Gasteiger partial charge in [-0.15, -0.1) is 11.3 Å². The predicted octanol–water partition coefficient (Wildman–Crippen LogP) is 5.45. The lowest BCUT2D eigenvalue weighted by atomic mass is 10.1. The van der Waals surface area contributed by atoms with E-state index >= 15 is 0 Å². The number of ether oxygens (including phenoxy) is 1. The first-order valence-corrected chi connectivity index (χ1v) is 12.3. The fourth-order valence-corrected chi connectivity index (χ4v) is 4.83. The zero-order chi connectivity index (χ0) is 23.4. The third-order valence-corrected chi connectivity index (χ3v) is 6.86. The molecule has 4 rings (SSSR count). The summed E-state index contributed by atoms with van der Waals surface area (Å²) in [7, 11) is 1.61. The molecule has 0 fully saturated rings. The largest absolute Gasteiger partial charge is 0.383 e. The number of aromatic nitrogens is 2. The predicted molar refractivity (Wildman–Crippen MR) is 135 cm³/mol. The molecular formula is C25H24BrN3O3S. The van der Waals surface area contributed by atoms with Crippen LogP contribution < -0.4 is 5.56 Å². The maximum absolute atomic E-state index is 13.7. The summed E-state index contributed by atoms with van der Waals surface area (Å²) >= 11 is 4.86. The minimum Gasteiger partial charge on any atom is -0.383 e. The van der Waals surface area contributed by atoms with Crippen LogP contribution in [0.5, 0.6) is 0 Å². The first kappa shape index (κ1) is 23.4. The Hall–Kier alpha value is -2.81. The summed E-state index contributed by atoms with van der Waals surface area (Å²) in [6, 6.07) is 18.1. The second kappa shape index (κ2) is 10.4. The molecule has 0 spiro atoms. The van der Waals surface area contributed by atoms with Crippen molar-refractivity contribution in [1.82, 2.24) is 14.5 Å². The molecule has 2 aromatic heterocycles. The lowest BCUT2D eigenvalue weighted by Gasteiger charge is -2.32.